The van der Waals surface area contributed by atoms with Crippen molar-refractivity contribution >= 4 is 69.5 Å². The summed E-state index contributed by atoms with van der Waals surface area (Å²) in [6, 6.07) is 15.8. The lowest BCUT2D eigenvalue weighted by molar-refractivity contribution is -0.127. The molecule has 0 radical (unpaired) electrons. The number of carbonyl (C=O) groups excluding carboxylic acids is 3. The van der Waals surface area contributed by atoms with Crippen LogP contribution >= 0.6 is 35.0 Å². The minimum atomic E-state index is -0.564. The Kier molecular flexibility index (Phi) is 9.15. The highest BCUT2D eigenvalue weighted by Gasteiger charge is 2.36. The molecule has 3 aromatic rings. The second kappa shape index (κ2) is 13.0. The monoisotopic (exact) mass is 627 g/mol. The summed E-state index contributed by atoms with van der Waals surface area (Å²) in [6.45, 7) is 5.55. The molecule has 2 aliphatic heterocycles. The van der Waals surface area contributed by atoms with Crippen LogP contribution in [0.3, 0.4) is 0 Å². The largest absolute Gasteiger partial charge is 0.488 e. The molecule has 2 aliphatic rings. The molecule has 5 rings (SSSR count). The Balaban J connectivity index is 1.34. The highest BCUT2D eigenvalue weighted by atomic mass is 35.5. The Morgan fingerprint density at radius 3 is 2.60 bits per heavy atom. The van der Waals surface area contributed by atoms with Crippen LogP contribution in [0, 0.1) is 0 Å². The highest BCUT2D eigenvalue weighted by Crippen LogP contribution is 2.37. The molecule has 0 spiro atoms. The molecule has 0 atom stereocenters. The van der Waals surface area contributed by atoms with Crippen LogP contribution in [0.25, 0.3) is 6.08 Å². The van der Waals surface area contributed by atoms with Gasteiger partial charge < -0.3 is 24.4 Å². The number of imide groups is 1. The van der Waals surface area contributed by atoms with E-state index in [0.29, 0.717) is 38.5 Å². The van der Waals surface area contributed by atoms with Gasteiger partial charge in [-0.25, -0.2) is 0 Å². The van der Waals surface area contributed by atoms with Gasteiger partial charge in [-0.1, -0.05) is 29.3 Å². The molecule has 1 saturated heterocycles. The van der Waals surface area contributed by atoms with E-state index in [0.717, 1.165) is 41.0 Å². The lowest BCUT2D eigenvalue weighted by Crippen LogP contribution is -2.36. The first-order valence-electron chi connectivity index (χ1n) is 13.2. The van der Waals surface area contributed by atoms with E-state index >= 15 is 0 Å². The number of nitrogens with one attached hydrogen (secondary N) is 1. The number of nitrogens with zero attached hydrogens (tertiary/aromatic N) is 2. The number of rotatable bonds is 10. The molecule has 1 N–H and O–H groups in total. The maximum atomic E-state index is 13.2. The molecule has 12 heteroatoms. The van der Waals surface area contributed by atoms with Crippen LogP contribution in [-0.2, 0) is 16.2 Å². The number of thioether (sulfide) groups is 1. The van der Waals surface area contributed by atoms with E-state index in [1.165, 1.54) is 0 Å². The first-order chi connectivity index (χ1) is 20.2. The Morgan fingerprint density at radius 1 is 1.05 bits per heavy atom. The van der Waals surface area contributed by atoms with E-state index in [2.05, 4.69) is 24.1 Å². The second-order valence-corrected chi connectivity index (χ2v) is 11.1. The first-order valence-corrected chi connectivity index (χ1v) is 14.7. The number of amides is 3. The molecule has 0 aromatic heterocycles. The summed E-state index contributed by atoms with van der Waals surface area (Å²) in [6.07, 6.45) is 1.60. The van der Waals surface area contributed by atoms with Crippen LogP contribution in [-0.4, -0.2) is 48.4 Å². The summed E-state index contributed by atoms with van der Waals surface area (Å²) in [7, 11) is 0. The van der Waals surface area contributed by atoms with Gasteiger partial charge >= 0.3 is 0 Å². The summed E-state index contributed by atoms with van der Waals surface area (Å²) >= 11 is 13.1. The fourth-order valence-corrected chi connectivity index (χ4v) is 5.74. The normalized spacial score (nSPS) is 15.0. The number of benzene rings is 3. The van der Waals surface area contributed by atoms with Crippen molar-refractivity contribution in [2.24, 2.45) is 0 Å². The van der Waals surface area contributed by atoms with Crippen LogP contribution in [0.2, 0.25) is 10.0 Å². The fourth-order valence-electron chi connectivity index (χ4n) is 4.44. The van der Waals surface area contributed by atoms with E-state index in [-0.39, 0.29) is 18.3 Å². The summed E-state index contributed by atoms with van der Waals surface area (Å²) in [4.78, 5) is 41.9. The van der Waals surface area contributed by atoms with Crippen LogP contribution < -0.4 is 24.4 Å². The molecule has 42 heavy (non-hydrogen) atoms. The third-order valence-electron chi connectivity index (χ3n) is 6.64. The zero-order valence-electron chi connectivity index (χ0n) is 22.8. The van der Waals surface area contributed by atoms with Gasteiger partial charge in [0.05, 0.1) is 4.91 Å². The molecule has 0 bridgehead atoms. The highest BCUT2D eigenvalue weighted by molar-refractivity contribution is 8.18. The average molecular weight is 629 g/mol. The molecule has 0 unspecified atom stereocenters. The van der Waals surface area contributed by atoms with Gasteiger partial charge in [0.1, 0.15) is 18.9 Å². The summed E-state index contributed by atoms with van der Waals surface area (Å²) in [5.74, 6) is 0.507. The number of halogens is 2. The Hall–Kier alpha value is -3.86. The quantitative estimate of drug-likeness (QED) is 0.244. The minimum absolute atomic E-state index is 0.107. The van der Waals surface area contributed by atoms with Gasteiger partial charge in [0, 0.05) is 57.8 Å². The molecule has 0 saturated carbocycles. The maximum absolute atomic E-state index is 13.2. The van der Waals surface area contributed by atoms with E-state index in [1.807, 2.05) is 18.2 Å². The Morgan fingerprint density at radius 2 is 1.83 bits per heavy atom. The molecule has 0 aliphatic carbocycles. The summed E-state index contributed by atoms with van der Waals surface area (Å²) in [5.41, 5.74) is 2.76. The molecule has 3 amide bonds. The van der Waals surface area contributed by atoms with E-state index in [4.69, 9.17) is 37.4 Å². The SMILES string of the molecule is CCN(CC)c1ccc(/C=C2/SC(=O)N(CC(=O)Nc3ccc4c(c3)OCO4)C2=O)c(OCc2ccc(Cl)cc2Cl)c1. The molecular formula is C30H27Cl2N3O6S. The number of fused-ring (bicyclic) bond motifs is 1. The van der Waals surface area contributed by atoms with E-state index in [9.17, 15) is 14.4 Å². The Bertz CT molecular complexity index is 1580. The third kappa shape index (κ3) is 6.61. The standard InChI is InChI=1S/C30H27Cl2N3O6S/c1-3-34(4-2)22-9-6-18(25(14-22)39-16-19-5-7-20(31)12-23(19)32)11-27-29(37)35(30(38)42-27)15-28(36)33-21-8-10-24-26(13-21)41-17-40-24/h5-14H,3-4,15-17H2,1-2H3,(H,33,36)/b27-11+. The van der Waals surface area contributed by atoms with Crippen molar-refractivity contribution in [3.05, 3.63) is 80.7 Å². The third-order valence-corrected chi connectivity index (χ3v) is 8.14. The number of hydrogen-bond acceptors (Lipinski definition) is 8. The minimum Gasteiger partial charge on any atom is -0.488 e. The van der Waals surface area contributed by atoms with Crippen LogP contribution in [0.5, 0.6) is 17.2 Å². The topological polar surface area (TPSA) is 97.4 Å². The molecule has 1 fully saturated rings. The van der Waals surface area contributed by atoms with Gasteiger partial charge in [0.25, 0.3) is 11.1 Å². The average Bonchev–Trinajstić information content (AvgIpc) is 3.53. The first kappa shape index (κ1) is 29.6. The van der Waals surface area contributed by atoms with Crippen LogP contribution in [0.1, 0.15) is 25.0 Å². The van der Waals surface area contributed by atoms with Crippen LogP contribution in [0.15, 0.2) is 59.5 Å². The molecule has 218 valence electrons. The number of hydrogen-bond donors (Lipinski definition) is 1. The molecular weight excluding hydrogens is 601 g/mol. The number of ether oxygens (including phenoxy) is 3. The van der Waals surface area contributed by atoms with Crippen molar-refractivity contribution < 1.29 is 28.6 Å². The van der Waals surface area contributed by atoms with E-state index < -0.39 is 23.6 Å². The van der Waals surface area contributed by atoms with Gasteiger partial charge in [0.2, 0.25) is 12.7 Å². The van der Waals surface area contributed by atoms with Crippen LogP contribution in [0.4, 0.5) is 16.2 Å². The van der Waals surface area contributed by atoms with Crippen molar-refractivity contribution in [2.45, 2.75) is 20.5 Å². The van der Waals surface area contributed by atoms with Gasteiger partial charge in [-0.2, -0.15) is 0 Å². The van der Waals surface area contributed by atoms with Gasteiger partial charge in [-0.3, -0.25) is 19.3 Å². The maximum Gasteiger partial charge on any atom is 0.294 e. The predicted octanol–water partition coefficient (Wildman–Crippen LogP) is 6.82. The molecule has 9 nitrogen and oxygen atoms in total. The van der Waals surface area contributed by atoms with E-state index in [1.54, 1.807) is 42.5 Å². The van der Waals surface area contributed by atoms with Crippen molar-refractivity contribution in [1.82, 2.24) is 4.90 Å². The fraction of sp³-hybridized carbons (Fsp3) is 0.233. The zero-order chi connectivity index (χ0) is 29.8. The van der Waals surface area contributed by atoms with Crippen molar-refractivity contribution in [3.63, 3.8) is 0 Å². The zero-order valence-corrected chi connectivity index (χ0v) is 25.1. The number of anilines is 2. The second-order valence-electron chi connectivity index (χ2n) is 9.30. The smallest absolute Gasteiger partial charge is 0.294 e. The number of carbonyl (C=O) groups is 3. The Labute approximate surface area is 257 Å². The predicted molar refractivity (Wildman–Crippen MR) is 165 cm³/mol. The molecule has 2 heterocycles. The van der Waals surface area contributed by atoms with Gasteiger partial charge in [0.15, 0.2) is 11.5 Å². The van der Waals surface area contributed by atoms with Gasteiger partial charge in [-0.15, -0.1) is 0 Å². The van der Waals surface area contributed by atoms with Gasteiger partial charge in [-0.05, 0) is 68.1 Å². The van der Waals surface area contributed by atoms with Crippen molar-refractivity contribution in [1.29, 1.82) is 0 Å². The summed E-state index contributed by atoms with van der Waals surface area (Å²) in [5, 5.41) is 3.15. The van der Waals surface area contributed by atoms with Crippen molar-refractivity contribution in [3.8, 4) is 17.2 Å². The molecule has 3 aromatic carbocycles. The van der Waals surface area contributed by atoms with Crippen molar-refractivity contribution in [2.75, 3.05) is 36.6 Å². The lowest BCUT2D eigenvalue weighted by atomic mass is 10.1. The summed E-state index contributed by atoms with van der Waals surface area (Å²) < 4.78 is 16.8. The lowest BCUT2D eigenvalue weighted by Gasteiger charge is -2.22.